The molecule has 0 radical (unpaired) electrons. The molecule has 1 aromatic carbocycles. The summed E-state index contributed by atoms with van der Waals surface area (Å²) in [6.07, 6.45) is 1.56. The number of tetrazole rings is 1. The highest BCUT2D eigenvalue weighted by Crippen LogP contribution is 2.26. The summed E-state index contributed by atoms with van der Waals surface area (Å²) >= 11 is 2.35. The summed E-state index contributed by atoms with van der Waals surface area (Å²) < 4.78 is 33.2. The van der Waals surface area contributed by atoms with Crippen LogP contribution in [-0.2, 0) is 11.3 Å². The molecule has 0 spiro atoms. The second-order valence-electron chi connectivity index (χ2n) is 5.70. The number of nitrogens with zero attached hydrogens (tertiary/aromatic N) is 5. The number of aromatic nitrogens is 5. The molecule has 0 atom stereocenters. The van der Waals surface area contributed by atoms with Crippen molar-refractivity contribution in [1.82, 2.24) is 25.2 Å². The molecule has 148 valence electrons. The number of thiazole rings is 1. The van der Waals surface area contributed by atoms with Crippen LogP contribution in [0.4, 0.5) is 13.9 Å². The summed E-state index contributed by atoms with van der Waals surface area (Å²) in [4.78, 5) is 16.4. The minimum atomic E-state index is -0.954. The van der Waals surface area contributed by atoms with Crippen LogP contribution in [0.2, 0.25) is 0 Å². The highest BCUT2D eigenvalue weighted by Gasteiger charge is 2.14. The monoisotopic (exact) mass is 434 g/mol. The Morgan fingerprint density at radius 2 is 2.17 bits per heavy atom. The number of hydrogen-bond donors (Lipinski definition) is 1. The van der Waals surface area contributed by atoms with Crippen molar-refractivity contribution >= 4 is 34.1 Å². The van der Waals surface area contributed by atoms with Gasteiger partial charge in [-0.3, -0.25) is 4.79 Å². The van der Waals surface area contributed by atoms with Gasteiger partial charge in [0.15, 0.2) is 16.8 Å². The highest BCUT2D eigenvalue weighted by atomic mass is 32.2. The van der Waals surface area contributed by atoms with Crippen molar-refractivity contribution in [3.05, 3.63) is 59.4 Å². The normalized spacial score (nSPS) is 11.0. The predicted octanol–water partition coefficient (Wildman–Crippen LogP) is 3.45. The van der Waals surface area contributed by atoms with Crippen molar-refractivity contribution in [3.8, 4) is 11.3 Å². The molecule has 0 fully saturated rings. The summed E-state index contributed by atoms with van der Waals surface area (Å²) in [6.45, 7) is 0.355. The van der Waals surface area contributed by atoms with Gasteiger partial charge >= 0.3 is 0 Å². The summed E-state index contributed by atoms with van der Waals surface area (Å²) in [7, 11) is 0. The number of amides is 1. The van der Waals surface area contributed by atoms with E-state index in [1.807, 2.05) is 0 Å². The summed E-state index contributed by atoms with van der Waals surface area (Å²) in [5.41, 5.74) is 0.867. The fourth-order valence-corrected chi connectivity index (χ4v) is 3.77. The quantitative estimate of drug-likeness (QED) is 0.445. The van der Waals surface area contributed by atoms with Gasteiger partial charge < -0.3 is 9.73 Å². The number of furan rings is 1. The van der Waals surface area contributed by atoms with Gasteiger partial charge in [-0.15, -0.1) is 16.4 Å². The maximum absolute atomic E-state index is 13.4. The van der Waals surface area contributed by atoms with Gasteiger partial charge in [0.05, 0.1) is 17.7 Å². The van der Waals surface area contributed by atoms with Crippen LogP contribution in [0.15, 0.2) is 51.5 Å². The molecule has 3 heterocycles. The fourth-order valence-electron chi connectivity index (χ4n) is 2.35. The lowest BCUT2D eigenvalue weighted by Crippen LogP contribution is -2.14. The van der Waals surface area contributed by atoms with E-state index in [9.17, 15) is 13.6 Å². The van der Waals surface area contributed by atoms with E-state index in [0.717, 1.165) is 12.1 Å². The number of thioether (sulfide) groups is 1. The van der Waals surface area contributed by atoms with Crippen molar-refractivity contribution < 1.29 is 18.0 Å². The first-order chi connectivity index (χ1) is 14.1. The lowest BCUT2D eigenvalue weighted by Gasteiger charge is -2.03. The summed E-state index contributed by atoms with van der Waals surface area (Å²) in [6, 6.07) is 7.09. The van der Waals surface area contributed by atoms with Gasteiger partial charge in [-0.2, -0.15) is 0 Å². The van der Waals surface area contributed by atoms with Crippen molar-refractivity contribution in [2.24, 2.45) is 0 Å². The van der Waals surface area contributed by atoms with E-state index in [4.69, 9.17) is 4.42 Å². The predicted molar refractivity (Wildman–Crippen MR) is 102 cm³/mol. The molecule has 1 N–H and O–H groups in total. The minimum Gasteiger partial charge on any atom is -0.467 e. The molecule has 0 unspecified atom stereocenters. The van der Waals surface area contributed by atoms with Crippen molar-refractivity contribution in [2.75, 3.05) is 11.1 Å². The van der Waals surface area contributed by atoms with Crippen LogP contribution >= 0.6 is 23.1 Å². The first-order valence-corrected chi connectivity index (χ1v) is 10.1. The Hall–Kier alpha value is -3.12. The molecule has 0 aliphatic heterocycles. The number of hydrogen-bond acceptors (Lipinski definition) is 8. The number of nitrogens with one attached hydrogen (secondary N) is 1. The molecule has 4 rings (SSSR count). The van der Waals surface area contributed by atoms with Gasteiger partial charge in [-0.05, 0) is 40.8 Å². The number of carbonyl (C=O) groups is 1. The first kappa shape index (κ1) is 19.2. The average Bonchev–Trinajstić information content (AvgIpc) is 3.45. The number of benzene rings is 1. The van der Waals surface area contributed by atoms with Gasteiger partial charge in [-0.1, -0.05) is 11.8 Å². The summed E-state index contributed by atoms with van der Waals surface area (Å²) in [5.74, 6) is -1.42. The largest absolute Gasteiger partial charge is 0.467 e. The molecule has 1 amide bonds. The molecule has 3 aromatic heterocycles. The molecule has 0 aliphatic rings. The van der Waals surface area contributed by atoms with Crippen LogP contribution in [0, 0.1) is 11.6 Å². The maximum Gasteiger partial charge on any atom is 0.236 e. The molecular formula is C17H12F2N6O2S2. The Morgan fingerprint density at radius 3 is 2.97 bits per heavy atom. The number of halogens is 2. The van der Waals surface area contributed by atoms with E-state index < -0.39 is 11.6 Å². The second kappa shape index (κ2) is 8.49. The molecule has 4 aromatic rings. The third kappa shape index (κ3) is 4.66. The smallest absolute Gasteiger partial charge is 0.236 e. The zero-order chi connectivity index (χ0) is 20.2. The third-order valence-electron chi connectivity index (χ3n) is 3.68. The van der Waals surface area contributed by atoms with Crippen LogP contribution < -0.4 is 5.32 Å². The minimum absolute atomic E-state index is 0.0681. The maximum atomic E-state index is 13.4. The highest BCUT2D eigenvalue weighted by molar-refractivity contribution is 7.99. The van der Waals surface area contributed by atoms with Gasteiger partial charge in [0.1, 0.15) is 12.3 Å². The van der Waals surface area contributed by atoms with Crippen molar-refractivity contribution in [2.45, 2.75) is 11.7 Å². The number of anilines is 1. The molecule has 29 heavy (non-hydrogen) atoms. The summed E-state index contributed by atoms with van der Waals surface area (Å²) in [5, 5.41) is 16.5. The average molecular weight is 434 g/mol. The van der Waals surface area contributed by atoms with E-state index in [1.54, 1.807) is 23.8 Å². The molecule has 0 aliphatic carbocycles. The first-order valence-electron chi connectivity index (χ1n) is 8.20. The zero-order valence-electron chi connectivity index (χ0n) is 14.6. The molecule has 12 heteroatoms. The van der Waals surface area contributed by atoms with E-state index >= 15 is 0 Å². The fraction of sp³-hybridized carbons (Fsp3) is 0.118. The zero-order valence-corrected chi connectivity index (χ0v) is 16.2. The second-order valence-corrected chi connectivity index (χ2v) is 7.50. The number of rotatable bonds is 7. The number of carbonyl (C=O) groups excluding carboxylic acids is 1. The van der Waals surface area contributed by atoms with Crippen molar-refractivity contribution in [3.63, 3.8) is 0 Å². The van der Waals surface area contributed by atoms with Gasteiger partial charge in [0.25, 0.3) is 0 Å². The van der Waals surface area contributed by atoms with Crippen LogP contribution in [0.3, 0.4) is 0 Å². The van der Waals surface area contributed by atoms with Gasteiger partial charge in [0.2, 0.25) is 11.1 Å². The topological polar surface area (TPSA) is 98.7 Å². The lowest BCUT2D eigenvalue weighted by atomic mass is 10.2. The SMILES string of the molecule is O=C(CSc1nnnn1Cc1ccco1)Nc1nc(-c2ccc(F)c(F)c2)cs1. The lowest BCUT2D eigenvalue weighted by molar-refractivity contribution is -0.113. The molecule has 0 bridgehead atoms. The van der Waals surface area contributed by atoms with Crippen LogP contribution in [0.5, 0.6) is 0 Å². The Kier molecular flexibility index (Phi) is 5.62. The Morgan fingerprint density at radius 1 is 1.28 bits per heavy atom. The van der Waals surface area contributed by atoms with E-state index in [1.165, 1.54) is 33.8 Å². The van der Waals surface area contributed by atoms with Crippen LogP contribution in [0.1, 0.15) is 5.76 Å². The van der Waals surface area contributed by atoms with Gasteiger partial charge in [-0.25, -0.2) is 18.4 Å². The molecule has 0 saturated carbocycles. The molecule has 0 saturated heterocycles. The third-order valence-corrected chi connectivity index (χ3v) is 5.40. The van der Waals surface area contributed by atoms with Crippen molar-refractivity contribution in [1.29, 1.82) is 0 Å². The van der Waals surface area contributed by atoms with E-state index in [2.05, 4.69) is 25.8 Å². The van der Waals surface area contributed by atoms with E-state index in [0.29, 0.717) is 33.9 Å². The molecular weight excluding hydrogens is 422 g/mol. The van der Waals surface area contributed by atoms with Gasteiger partial charge in [0, 0.05) is 10.9 Å². The van der Waals surface area contributed by atoms with Crippen LogP contribution in [0.25, 0.3) is 11.3 Å². The Balaban J connectivity index is 1.34. The van der Waals surface area contributed by atoms with Crippen LogP contribution in [-0.4, -0.2) is 36.9 Å². The standard InChI is InChI=1S/C17H12F2N6O2S2/c18-12-4-3-10(6-13(12)19)14-8-28-16(20-14)21-15(26)9-29-17-22-23-24-25(17)7-11-2-1-5-27-11/h1-6,8H,7,9H2,(H,20,21,26). The Bertz CT molecular complexity index is 1130. The Labute approximate surface area is 171 Å². The van der Waals surface area contributed by atoms with E-state index in [-0.39, 0.29) is 11.7 Å². The molecule has 8 nitrogen and oxygen atoms in total.